The van der Waals surface area contributed by atoms with E-state index in [1.165, 1.54) is 0 Å². The van der Waals surface area contributed by atoms with Crippen molar-refractivity contribution in [2.45, 2.75) is 36.4 Å². The number of halogens is 3. The van der Waals surface area contributed by atoms with Crippen LogP contribution in [0.25, 0.3) is 0 Å². The molecule has 1 amide bonds. The first-order valence-corrected chi connectivity index (χ1v) is 10.1. The maximum absolute atomic E-state index is 12.7. The average Bonchev–Trinajstić information content (AvgIpc) is 2.70. The molecule has 0 bridgehead atoms. The van der Waals surface area contributed by atoms with Gasteiger partial charge in [0.25, 0.3) is 0 Å². The fraction of sp³-hybridized carbons (Fsp3) is 0.316. The van der Waals surface area contributed by atoms with Gasteiger partial charge < -0.3 is 10.1 Å². The Labute approximate surface area is 171 Å². The Morgan fingerprint density at radius 2 is 1.70 bits per heavy atom. The third kappa shape index (κ3) is 5.35. The van der Waals surface area contributed by atoms with Crippen molar-refractivity contribution in [1.82, 2.24) is 10.3 Å². The summed E-state index contributed by atoms with van der Waals surface area (Å²) in [5.41, 5.74) is -0.390. The van der Waals surface area contributed by atoms with Crippen LogP contribution in [0.15, 0.2) is 53.7 Å². The predicted octanol–water partition coefficient (Wildman–Crippen LogP) is 2.51. The quantitative estimate of drug-likeness (QED) is 0.659. The van der Waals surface area contributed by atoms with Gasteiger partial charge in [0.2, 0.25) is 15.7 Å². The topological polar surface area (TPSA) is 102 Å². The second kappa shape index (κ2) is 8.82. The number of nitrogens with zero attached hydrogens (tertiary/aromatic N) is 1. The van der Waals surface area contributed by atoms with Gasteiger partial charge in [-0.2, -0.15) is 13.2 Å². The summed E-state index contributed by atoms with van der Waals surface area (Å²) in [7, 11) is -4.45. The maximum Gasteiger partial charge on any atom is 0.417 e. The summed E-state index contributed by atoms with van der Waals surface area (Å²) in [5, 5.41) is 1.48. The zero-order chi connectivity index (χ0) is 22.6. The number of nitrogens with one attached hydrogen (secondary N) is 1. The van der Waals surface area contributed by atoms with E-state index < -0.39 is 49.8 Å². The van der Waals surface area contributed by atoms with Crippen molar-refractivity contribution in [2.75, 3.05) is 6.54 Å². The van der Waals surface area contributed by atoms with Gasteiger partial charge in [-0.1, -0.05) is 30.3 Å². The number of alkyl halides is 3. The molecule has 30 heavy (non-hydrogen) atoms. The van der Waals surface area contributed by atoms with Gasteiger partial charge in [0.1, 0.15) is 13.2 Å². The predicted molar refractivity (Wildman–Crippen MR) is 99.8 cm³/mol. The third-order valence-electron chi connectivity index (χ3n) is 4.19. The Morgan fingerprint density at radius 1 is 1.07 bits per heavy atom. The van der Waals surface area contributed by atoms with Crippen LogP contribution in [-0.4, -0.2) is 36.6 Å². The highest BCUT2D eigenvalue weighted by Gasteiger charge is 2.44. The first kappa shape index (κ1) is 23.3. The monoisotopic (exact) mass is 444 g/mol. The van der Waals surface area contributed by atoms with Crippen LogP contribution in [0, 0.1) is 0 Å². The summed E-state index contributed by atoms with van der Waals surface area (Å²) < 4.78 is 66.2. The molecule has 0 fully saturated rings. The standard InChI is InChI=1S/C19H19F3N2O5S/c1-18(2,30(27,28)15-9-8-14(10-23-15)19(20,21)22)17(26)24-11-16(25)29-12-13-6-4-3-5-7-13/h3-10H,11-12H2,1-2H3,(H,24,26). The van der Waals surface area contributed by atoms with E-state index in [0.29, 0.717) is 18.3 Å². The fourth-order valence-electron chi connectivity index (χ4n) is 2.24. The molecule has 0 atom stereocenters. The van der Waals surface area contributed by atoms with Gasteiger partial charge >= 0.3 is 12.1 Å². The van der Waals surface area contributed by atoms with E-state index in [9.17, 15) is 31.2 Å². The highest BCUT2D eigenvalue weighted by atomic mass is 32.2. The number of aromatic nitrogens is 1. The molecule has 0 aliphatic heterocycles. The number of carbonyl (C=O) groups excluding carboxylic acids is 2. The van der Waals surface area contributed by atoms with Gasteiger partial charge in [-0.15, -0.1) is 0 Å². The molecule has 11 heteroatoms. The van der Waals surface area contributed by atoms with Crippen LogP contribution in [0.5, 0.6) is 0 Å². The summed E-state index contributed by atoms with van der Waals surface area (Å²) in [5.74, 6) is -1.81. The lowest BCUT2D eigenvalue weighted by Gasteiger charge is -2.23. The zero-order valence-electron chi connectivity index (χ0n) is 16.1. The molecule has 2 rings (SSSR count). The molecular formula is C19H19F3N2O5S. The molecule has 0 saturated carbocycles. The van der Waals surface area contributed by atoms with Crippen LogP contribution in [-0.2, 0) is 36.9 Å². The Balaban J connectivity index is 2.02. The van der Waals surface area contributed by atoms with E-state index in [1.54, 1.807) is 30.3 Å². The van der Waals surface area contributed by atoms with E-state index >= 15 is 0 Å². The number of esters is 1. The number of amides is 1. The molecule has 1 N–H and O–H groups in total. The number of hydrogen-bond acceptors (Lipinski definition) is 6. The van der Waals surface area contributed by atoms with E-state index in [0.717, 1.165) is 19.4 Å². The molecule has 1 heterocycles. The highest BCUT2D eigenvalue weighted by molar-refractivity contribution is 7.93. The molecule has 2 aromatic rings. The van der Waals surface area contributed by atoms with Crippen LogP contribution >= 0.6 is 0 Å². The number of ether oxygens (including phenoxy) is 1. The number of pyridine rings is 1. The molecule has 0 saturated heterocycles. The number of carbonyl (C=O) groups is 2. The van der Waals surface area contributed by atoms with Gasteiger partial charge in [0.15, 0.2) is 9.77 Å². The average molecular weight is 444 g/mol. The molecule has 0 aliphatic carbocycles. The van der Waals surface area contributed by atoms with Gasteiger partial charge in [0, 0.05) is 6.20 Å². The minimum Gasteiger partial charge on any atom is -0.460 e. The summed E-state index contributed by atoms with van der Waals surface area (Å²) in [6.45, 7) is 1.52. The fourth-order valence-corrected chi connectivity index (χ4v) is 3.52. The van der Waals surface area contributed by atoms with Gasteiger partial charge in [-0.25, -0.2) is 13.4 Å². The summed E-state index contributed by atoms with van der Waals surface area (Å²) >= 11 is 0. The SMILES string of the molecule is CC(C)(C(=O)NCC(=O)OCc1ccccc1)S(=O)(=O)c1ccc(C(F)(F)F)cn1. The first-order valence-electron chi connectivity index (χ1n) is 8.61. The Morgan fingerprint density at radius 3 is 2.23 bits per heavy atom. The number of sulfone groups is 1. The minimum absolute atomic E-state index is 0.0211. The van der Waals surface area contributed by atoms with Crippen LogP contribution in [0.2, 0.25) is 0 Å². The normalized spacial score (nSPS) is 12.3. The van der Waals surface area contributed by atoms with E-state index in [2.05, 4.69) is 10.3 Å². The largest absolute Gasteiger partial charge is 0.460 e. The molecule has 0 unspecified atom stereocenters. The Bertz CT molecular complexity index is 1000. The molecular weight excluding hydrogens is 425 g/mol. The number of hydrogen-bond donors (Lipinski definition) is 1. The van der Waals surface area contributed by atoms with Crippen molar-refractivity contribution < 1.29 is 35.9 Å². The van der Waals surface area contributed by atoms with Crippen LogP contribution in [0.4, 0.5) is 13.2 Å². The number of benzene rings is 1. The molecule has 1 aromatic heterocycles. The molecule has 1 aromatic carbocycles. The summed E-state index contributed by atoms with van der Waals surface area (Å²) in [6, 6.07) is 10.0. The van der Waals surface area contributed by atoms with E-state index in [4.69, 9.17) is 4.74 Å². The van der Waals surface area contributed by atoms with Crippen LogP contribution < -0.4 is 5.32 Å². The van der Waals surface area contributed by atoms with Gasteiger partial charge in [0.05, 0.1) is 5.56 Å². The van der Waals surface area contributed by atoms with Crippen molar-refractivity contribution in [3.8, 4) is 0 Å². The molecule has 162 valence electrons. The van der Waals surface area contributed by atoms with Crippen molar-refractivity contribution in [1.29, 1.82) is 0 Å². The molecule has 0 radical (unpaired) electrons. The highest BCUT2D eigenvalue weighted by Crippen LogP contribution is 2.30. The van der Waals surface area contributed by atoms with Crippen molar-refractivity contribution in [3.63, 3.8) is 0 Å². The lowest BCUT2D eigenvalue weighted by molar-refractivity contribution is -0.145. The second-order valence-corrected chi connectivity index (χ2v) is 9.17. The maximum atomic E-state index is 12.7. The minimum atomic E-state index is -4.68. The first-order chi connectivity index (χ1) is 13.9. The third-order valence-corrected chi connectivity index (χ3v) is 6.51. The van der Waals surface area contributed by atoms with E-state index in [1.807, 2.05) is 0 Å². The molecule has 0 aliphatic rings. The lowest BCUT2D eigenvalue weighted by atomic mass is 10.2. The summed E-state index contributed by atoms with van der Waals surface area (Å²) in [4.78, 5) is 27.5. The molecule has 0 spiro atoms. The molecule has 7 nitrogen and oxygen atoms in total. The Hall–Kier alpha value is -2.95. The van der Waals surface area contributed by atoms with E-state index in [-0.39, 0.29) is 6.61 Å². The van der Waals surface area contributed by atoms with Crippen molar-refractivity contribution >= 4 is 21.7 Å². The van der Waals surface area contributed by atoms with Gasteiger partial charge in [-0.3, -0.25) is 9.59 Å². The zero-order valence-corrected chi connectivity index (χ0v) is 16.9. The van der Waals surface area contributed by atoms with Gasteiger partial charge in [-0.05, 0) is 31.5 Å². The van der Waals surface area contributed by atoms with Crippen LogP contribution in [0.3, 0.4) is 0 Å². The summed E-state index contributed by atoms with van der Waals surface area (Å²) in [6.07, 6.45) is -4.30. The van der Waals surface area contributed by atoms with Crippen molar-refractivity contribution in [3.05, 3.63) is 59.8 Å². The Kier molecular flexibility index (Phi) is 6.86. The van der Waals surface area contributed by atoms with Crippen LogP contribution in [0.1, 0.15) is 25.0 Å². The smallest absolute Gasteiger partial charge is 0.417 e. The van der Waals surface area contributed by atoms with Crippen molar-refractivity contribution in [2.24, 2.45) is 0 Å². The lowest BCUT2D eigenvalue weighted by Crippen LogP contribution is -2.49. The number of rotatable bonds is 7. The second-order valence-electron chi connectivity index (χ2n) is 6.73.